The summed E-state index contributed by atoms with van der Waals surface area (Å²) >= 11 is 0. The Bertz CT molecular complexity index is 414. The molecule has 1 aromatic rings. The summed E-state index contributed by atoms with van der Waals surface area (Å²) in [6, 6.07) is 5.64. The SMILES string of the molecule is Cc1ccc2c(c1)CCC(C(N)C(=O)O)C2. The standard InChI is InChI=1S/C13H17NO2/c1-8-2-3-10-7-11(12(14)13(15)16)5-4-9(10)6-8/h2-3,6,11-12H,4-5,7,14H2,1H3,(H,15,16). The summed E-state index contributed by atoms with van der Waals surface area (Å²) in [5.41, 5.74) is 9.56. The quantitative estimate of drug-likeness (QED) is 0.792. The van der Waals surface area contributed by atoms with Crippen LogP contribution in [0.5, 0.6) is 0 Å². The first kappa shape index (κ1) is 11.1. The highest BCUT2D eigenvalue weighted by Gasteiger charge is 2.28. The van der Waals surface area contributed by atoms with Gasteiger partial charge in [0, 0.05) is 0 Å². The van der Waals surface area contributed by atoms with Crippen molar-refractivity contribution in [1.82, 2.24) is 0 Å². The lowest BCUT2D eigenvalue weighted by molar-refractivity contribution is -0.140. The summed E-state index contributed by atoms with van der Waals surface area (Å²) in [6.45, 7) is 2.08. The zero-order valence-electron chi connectivity index (χ0n) is 9.44. The van der Waals surface area contributed by atoms with Crippen molar-refractivity contribution >= 4 is 5.97 Å². The third-order valence-corrected chi connectivity index (χ3v) is 3.42. The average molecular weight is 219 g/mol. The normalized spacial score (nSPS) is 21.2. The second-order valence-corrected chi connectivity index (χ2v) is 4.64. The van der Waals surface area contributed by atoms with Gasteiger partial charge in [0.1, 0.15) is 6.04 Å². The van der Waals surface area contributed by atoms with Crippen molar-refractivity contribution in [3.05, 3.63) is 34.9 Å². The number of carboxylic acid groups (broad SMARTS) is 1. The molecule has 0 heterocycles. The fourth-order valence-electron chi connectivity index (χ4n) is 2.42. The van der Waals surface area contributed by atoms with Crippen molar-refractivity contribution in [2.45, 2.75) is 32.2 Å². The van der Waals surface area contributed by atoms with Crippen molar-refractivity contribution < 1.29 is 9.90 Å². The second-order valence-electron chi connectivity index (χ2n) is 4.64. The molecule has 3 nitrogen and oxygen atoms in total. The van der Waals surface area contributed by atoms with E-state index < -0.39 is 12.0 Å². The minimum atomic E-state index is -0.888. The van der Waals surface area contributed by atoms with Crippen molar-refractivity contribution in [2.24, 2.45) is 11.7 Å². The Morgan fingerprint density at radius 2 is 2.25 bits per heavy atom. The van der Waals surface area contributed by atoms with Crippen LogP contribution in [0.3, 0.4) is 0 Å². The van der Waals surface area contributed by atoms with Gasteiger partial charge in [-0.15, -0.1) is 0 Å². The predicted octanol–water partition coefficient (Wildman–Crippen LogP) is 1.51. The maximum Gasteiger partial charge on any atom is 0.320 e. The highest BCUT2D eigenvalue weighted by Crippen LogP contribution is 2.27. The van der Waals surface area contributed by atoms with E-state index in [-0.39, 0.29) is 5.92 Å². The number of rotatable bonds is 2. The summed E-state index contributed by atoms with van der Waals surface area (Å²) in [5.74, 6) is -0.812. The molecule has 1 aliphatic rings. The number of aryl methyl sites for hydroxylation is 2. The van der Waals surface area contributed by atoms with E-state index in [2.05, 4.69) is 25.1 Å². The van der Waals surface area contributed by atoms with Gasteiger partial charge in [-0.05, 0) is 43.2 Å². The highest BCUT2D eigenvalue weighted by molar-refractivity contribution is 5.73. The van der Waals surface area contributed by atoms with E-state index in [1.807, 2.05) is 0 Å². The molecule has 0 aromatic heterocycles. The van der Waals surface area contributed by atoms with Crippen molar-refractivity contribution in [3.63, 3.8) is 0 Å². The maximum absolute atomic E-state index is 10.8. The van der Waals surface area contributed by atoms with Gasteiger partial charge in [-0.3, -0.25) is 4.79 Å². The molecular weight excluding hydrogens is 202 g/mol. The topological polar surface area (TPSA) is 63.3 Å². The third-order valence-electron chi connectivity index (χ3n) is 3.42. The van der Waals surface area contributed by atoms with Crippen LogP contribution in [0.1, 0.15) is 23.1 Å². The minimum absolute atomic E-state index is 0.0766. The number of carbonyl (C=O) groups is 1. The van der Waals surface area contributed by atoms with Gasteiger partial charge in [0.05, 0.1) is 0 Å². The van der Waals surface area contributed by atoms with E-state index in [0.29, 0.717) is 0 Å². The number of hydrogen-bond acceptors (Lipinski definition) is 2. The molecule has 2 atom stereocenters. The highest BCUT2D eigenvalue weighted by atomic mass is 16.4. The number of nitrogens with two attached hydrogens (primary N) is 1. The Labute approximate surface area is 95.3 Å². The van der Waals surface area contributed by atoms with Gasteiger partial charge in [0.2, 0.25) is 0 Å². The van der Waals surface area contributed by atoms with E-state index in [1.54, 1.807) is 0 Å². The van der Waals surface area contributed by atoms with E-state index in [4.69, 9.17) is 10.8 Å². The summed E-state index contributed by atoms with van der Waals surface area (Å²) in [4.78, 5) is 10.8. The number of carboxylic acids is 1. The minimum Gasteiger partial charge on any atom is -0.480 e. The average Bonchev–Trinajstić information content (AvgIpc) is 2.27. The Morgan fingerprint density at radius 1 is 1.50 bits per heavy atom. The van der Waals surface area contributed by atoms with E-state index in [1.165, 1.54) is 16.7 Å². The van der Waals surface area contributed by atoms with Crippen LogP contribution in [0, 0.1) is 12.8 Å². The Balaban J connectivity index is 2.18. The Hall–Kier alpha value is -1.35. The lowest BCUT2D eigenvalue weighted by Gasteiger charge is -2.27. The van der Waals surface area contributed by atoms with Crippen LogP contribution in [0.4, 0.5) is 0 Å². The molecule has 0 radical (unpaired) electrons. The zero-order valence-corrected chi connectivity index (χ0v) is 9.44. The molecule has 16 heavy (non-hydrogen) atoms. The molecule has 3 heteroatoms. The van der Waals surface area contributed by atoms with Crippen LogP contribution in [-0.4, -0.2) is 17.1 Å². The van der Waals surface area contributed by atoms with Crippen LogP contribution >= 0.6 is 0 Å². The van der Waals surface area contributed by atoms with E-state index in [9.17, 15) is 4.79 Å². The molecule has 0 spiro atoms. The van der Waals surface area contributed by atoms with Gasteiger partial charge in [-0.2, -0.15) is 0 Å². The second kappa shape index (κ2) is 4.26. The first-order valence-electron chi connectivity index (χ1n) is 5.64. The van der Waals surface area contributed by atoms with Gasteiger partial charge in [-0.1, -0.05) is 23.8 Å². The van der Waals surface area contributed by atoms with Crippen LogP contribution in [-0.2, 0) is 17.6 Å². The van der Waals surface area contributed by atoms with Crippen LogP contribution in [0.15, 0.2) is 18.2 Å². The summed E-state index contributed by atoms with van der Waals surface area (Å²) in [6.07, 6.45) is 2.62. The third kappa shape index (κ3) is 2.09. The lowest BCUT2D eigenvalue weighted by atomic mass is 9.80. The van der Waals surface area contributed by atoms with Crippen LogP contribution in [0.2, 0.25) is 0 Å². The summed E-state index contributed by atoms with van der Waals surface area (Å²) < 4.78 is 0. The number of fused-ring (bicyclic) bond motifs is 1. The molecule has 2 rings (SSSR count). The smallest absolute Gasteiger partial charge is 0.320 e. The molecule has 0 aliphatic heterocycles. The Kier molecular flexibility index (Phi) is 2.97. The molecule has 3 N–H and O–H groups in total. The fraction of sp³-hybridized carbons (Fsp3) is 0.462. The van der Waals surface area contributed by atoms with Gasteiger partial charge in [0.15, 0.2) is 0 Å². The molecular formula is C13H17NO2. The summed E-state index contributed by atoms with van der Waals surface area (Å²) in [5, 5.41) is 8.90. The van der Waals surface area contributed by atoms with E-state index in [0.717, 1.165) is 19.3 Å². The number of aliphatic carboxylic acids is 1. The van der Waals surface area contributed by atoms with Gasteiger partial charge in [-0.25, -0.2) is 0 Å². The first-order chi connectivity index (χ1) is 7.58. The number of benzene rings is 1. The molecule has 0 bridgehead atoms. The van der Waals surface area contributed by atoms with Gasteiger partial charge < -0.3 is 10.8 Å². The zero-order chi connectivity index (χ0) is 11.7. The molecule has 0 fully saturated rings. The first-order valence-corrected chi connectivity index (χ1v) is 5.64. The molecule has 1 aliphatic carbocycles. The van der Waals surface area contributed by atoms with Gasteiger partial charge in [0.25, 0.3) is 0 Å². The molecule has 2 unspecified atom stereocenters. The number of hydrogen-bond donors (Lipinski definition) is 2. The predicted molar refractivity (Wildman–Crippen MR) is 62.3 cm³/mol. The molecule has 0 saturated carbocycles. The lowest BCUT2D eigenvalue weighted by Crippen LogP contribution is -2.40. The van der Waals surface area contributed by atoms with Crippen molar-refractivity contribution in [3.8, 4) is 0 Å². The molecule has 1 aromatic carbocycles. The van der Waals surface area contributed by atoms with Crippen LogP contribution < -0.4 is 5.73 Å². The maximum atomic E-state index is 10.8. The fourth-order valence-corrected chi connectivity index (χ4v) is 2.42. The molecule has 86 valence electrons. The van der Waals surface area contributed by atoms with Crippen molar-refractivity contribution in [2.75, 3.05) is 0 Å². The van der Waals surface area contributed by atoms with E-state index >= 15 is 0 Å². The monoisotopic (exact) mass is 219 g/mol. The van der Waals surface area contributed by atoms with Gasteiger partial charge >= 0.3 is 5.97 Å². The van der Waals surface area contributed by atoms with Crippen LogP contribution in [0.25, 0.3) is 0 Å². The largest absolute Gasteiger partial charge is 0.480 e. The summed E-state index contributed by atoms with van der Waals surface area (Å²) in [7, 11) is 0. The Morgan fingerprint density at radius 3 is 2.94 bits per heavy atom. The molecule has 0 saturated heterocycles. The van der Waals surface area contributed by atoms with Crippen molar-refractivity contribution in [1.29, 1.82) is 0 Å². The molecule has 0 amide bonds.